The van der Waals surface area contributed by atoms with E-state index in [0.29, 0.717) is 0 Å². The largest absolute Gasteiger partial charge is 0.310 e. The zero-order valence-corrected chi connectivity index (χ0v) is 27.7. The number of benzene rings is 7. The first-order valence-electron chi connectivity index (χ1n) is 18.4. The van der Waals surface area contributed by atoms with E-state index in [1.807, 2.05) is 0 Å². The van der Waals surface area contributed by atoms with E-state index in [4.69, 9.17) is 0 Å². The summed E-state index contributed by atoms with van der Waals surface area (Å²) >= 11 is 0. The highest BCUT2D eigenvalue weighted by molar-refractivity contribution is 6.08. The van der Waals surface area contributed by atoms with Crippen LogP contribution in [0.2, 0.25) is 0 Å². The maximum atomic E-state index is 2.60. The van der Waals surface area contributed by atoms with Gasteiger partial charge in [0.15, 0.2) is 0 Å². The minimum atomic E-state index is 0.156. The van der Waals surface area contributed by atoms with Crippen LogP contribution in [0.4, 0.5) is 17.1 Å². The van der Waals surface area contributed by atoms with Crippen molar-refractivity contribution < 1.29 is 0 Å². The van der Waals surface area contributed by atoms with Crippen LogP contribution in [0.1, 0.15) is 43.2 Å². The summed E-state index contributed by atoms with van der Waals surface area (Å²) in [5.41, 5.74) is 12.5. The molecule has 4 bridgehead atoms. The monoisotopic (exact) mass is 629 g/mol. The number of rotatable bonds is 4. The van der Waals surface area contributed by atoms with E-state index in [2.05, 4.69) is 157 Å². The van der Waals surface area contributed by atoms with E-state index >= 15 is 0 Å². The second kappa shape index (κ2) is 10.4. The van der Waals surface area contributed by atoms with Crippen LogP contribution in [0.3, 0.4) is 0 Å². The number of para-hydroxylation sites is 1. The Morgan fingerprint density at radius 2 is 1.02 bits per heavy atom. The molecular weight excluding hydrogens is 591 g/mol. The molecule has 0 unspecified atom stereocenters. The number of hydrogen-bond acceptors (Lipinski definition) is 1. The molecule has 1 nitrogen and oxygen atoms in total. The topological polar surface area (TPSA) is 3.24 Å². The molecule has 4 saturated carbocycles. The molecular formula is C48H39N. The maximum Gasteiger partial charge on any atom is 0.0465 e. The van der Waals surface area contributed by atoms with Crippen LogP contribution < -0.4 is 4.90 Å². The quantitative estimate of drug-likeness (QED) is 0.175. The lowest BCUT2D eigenvalue weighted by Crippen LogP contribution is -2.55. The molecule has 0 aromatic heterocycles. The highest BCUT2D eigenvalue weighted by atomic mass is 15.1. The normalized spacial score (nSPS) is 24.4. The van der Waals surface area contributed by atoms with Crippen LogP contribution in [-0.4, -0.2) is 0 Å². The second-order valence-electron chi connectivity index (χ2n) is 15.4. The van der Waals surface area contributed by atoms with Crippen molar-refractivity contribution in [3.05, 3.63) is 163 Å². The van der Waals surface area contributed by atoms with Gasteiger partial charge in [-0.2, -0.15) is 0 Å². The lowest BCUT2D eigenvalue weighted by Gasteiger charge is -2.61. The Kier molecular flexibility index (Phi) is 5.91. The van der Waals surface area contributed by atoms with Crippen molar-refractivity contribution in [1.82, 2.24) is 0 Å². The third-order valence-electron chi connectivity index (χ3n) is 13.0. The molecule has 236 valence electrons. The molecule has 4 fully saturated rings. The third kappa shape index (κ3) is 3.99. The molecule has 0 heterocycles. The minimum absolute atomic E-state index is 0.156. The van der Waals surface area contributed by atoms with Gasteiger partial charge in [-0.15, -0.1) is 0 Å². The fourth-order valence-corrected chi connectivity index (χ4v) is 11.3. The highest BCUT2D eigenvalue weighted by Gasteiger charge is 2.61. The van der Waals surface area contributed by atoms with Gasteiger partial charge >= 0.3 is 0 Å². The number of hydrogen-bond donors (Lipinski definition) is 0. The predicted octanol–water partition coefficient (Wildman–Crippen LogP) is 12.9. The molecule has 0 amide bonds. The SMILES string of the molecule is c1ccc(N(c2ccc(-c3ccc4c(ccc5ccccc54)c3)cc2)c2ccc3c(c2)C2(c4ccccc4-3)C3CC4CC(C3)CC2C4)cc1. The summed E-state index contributed by atoms with van der Waals surface area (Å²) in [6, 6.07) is 57.1. The average molecular weight is 630 g/mol. The molecule has 49 heavy (non-hydrogen) atoms. The smallest absolute Gasteiger partial charge is 0.0465 e. The zero-order valence-electron chi connectivity index (χ0n) is 27.7. The molecule has 5 aliphatic carbocycles. The Morgan fingerprint density at radius 1 is 0.408 bits per heavy atom. The lowest BCUT2D eigenvalue weighted by atomic mass is 9.43. The van der Waals surface area contributed by atoms with E-state index < -0.39 is 0 Å². The van der Waals surface area contributed by atoms with Crippen LogP contribution in [0.15, 0.2) is 152 Å². The summed E-state index contributed by atoms with van der Waals surface area (Å²) in [4.78, 5) is 2.48. The van der Waals surface area contributed by atoms with Crippen molar-refractivity contribution in [1.29, 1.82) is 0 Å². The Bertz CT molecular complexity index is 2370. The van der Waals surface area contributed by atoms with Crippen LogP contribution >= 0.6 is 0 Å². The molecule has 0 atom stereocenters. The summed E-state index contributed by atoms with van der Waals surface area (Å²) in [6.07, 6.45) is 7.09. The van der Waals surface area contributed by atoms with Gasteiger partial charge in [0, 0.05) is 22.5 Å². The summed E-state index contributed by atoms with van der Waals surface area (Å²) in [6.45, 7) is 0. The van der Waals surface area contributed by atoms with Crippen molar-refractivity contribution in [3.8, 4) is 22.3 Å². The molecule has 0 N–H and O–H groups in total. The van der Waals surface area contributed by atoms with Crippen LogP contribution in [0, 0.1) is 23.7 Å². The van der Waals surface area contributed by atoms with Gasteiger partial charge in [-0.05, 0) is 153 Å². The van der Waals surface area contributed by atoms with Gasteiger partial charge in [-0.1, -0.05) is 109 Å². The summed E-state index contributed by atoms with van der Waals surface area (Å²) in [5, 5.41) is 5.19. The molecule has 1 heteroatoms. The first kappa shape index (κ1) is 27.8. The Labute approximate surface area is 288 Å². The highest BCUT2D eigenvalue weighted by Crippen LogP contribution is 2.69. The third-order valence-corrected chi connectivity index (χ3v) is 13.0. The molecule has 5 aliphatic rings. The number of fused-ring (bicyclic) bond motifs is 6. The van der Waals surface area contributed by atoms with Gasteiger partial charge in [-0.3, -0.25) is 0 Å². The summed E-state index contributed by atoms with van der Waals surface area (Å²) in [7, 11) is 0. The molecule has 1 spiro atoms. The van der Waals surface area contributed by atoms with Gasteiger partial charge < -0.3 is 4.90 Å². The van der Waals surface area contributed by atoms with Crippen LogP contribution in [-0.2, 0) is 5.41 Å². The van der Waals surface area contributed by atoms with Gasteiger partial charge in [0.05, 0.1) is 0 Å². The minimum Gasteiger partial charge on any atom is -0.310 e. The zero-order chi connectivity index (χ0) is 32.1. The maximum absolute atomic E-state index is 2.60. The van der Waals surface area contributed by atoms with E-state index in [0.717, 1.165) is 23.7 Å². The van der Waals surface area contributed by atoms with E-state index in [1.54, 1.807) is 11.1 Å². The Hall–Kier alpha value is -5.14. The summed E-state index contributed by atoms with van der Waals surface area (Å²) < 4.78 is 0. The molecule has 7 aromatic carbocycles. The molecule has 0 saturated heterocycles. The number of nitrogens with zero attached hydrogens (tertiary/aromatic N) is 1. The predicted molar refractivity (Wildman–Crippen MR) is 205 cm³/mol. The van der Waals surface area contributed by atoms with Crippen LogP contribution in [0.5, 0.6) is 0 Å². The van der Waals surface area contributed by atoms with Gasteiger partial charge in [-0.25, -0.2) is 0 Å². The van der Waals surface area contributed by atoms with Crippen molar-refractivity contribution in [2.75, 3.05) is 4.90 Å². The molecule has 0 radical (unpaired) electrons. The molecule has 7 aromatic rings. The summed E-state index contributed by atoms with van der Waals surface area (Å²) in [5.74, 6) is 3.39. The number of anilines is 3. The van der Waals surface area contributed by atoms with Crippen molar-refractivity contribution in [2.45, 2.75) is 37.5 Å². The first-order valence-corrected chi connectivity index (χ1v) is 18.4. The first-order chi connectivity index (χ1) is 24.2. The van der Waals surface area contributed by atoms with Gasteiger partial charge in [0.1, 0.15) is 0 Å². The van der Waals surface area contributed by atoms with Gasteiger partial charge in [0.25, 0.3) is 0 Å². The van der Waals surface area contributed by atoms with E-state index in [9.17, 15) is 0 Å². The average Bonchev–Trinajstić information content (AvgIpc) is 3.44. The van der Waals surface area contributed by atoms with Crippen LogP contribution in [0.25, 0.3) is 43.8 Å². The van der Waals surface area contributed by atoms with Crippen molar-refractivity contribution >= 4 is 38.6 Å². The van der Waals surface area contributed by atoms with Crippen molar-refractivity contribution in [3.63, 3.8) is 0 Å². The second-order valence-corrected chi connectivity index (χ2v) is 15.4. The molecule has 0 aliphatic heterocycles. The van der Waals surface area contributed by atoms with Gasteiger partial charge in [0.2, 0.25) is 0 Å². The Morgan fingerprint density at radius 3 is 1.84 bits per heavy atom. The van der Waals surface area contributed by atoms with E-state index in [-0.39, 0.29) is 5.41 Å². The van der Waals surface area contributed by atoms with E-state index in [1.165, 1.54) is 93.0 Å². The Balaban J connectivity index is 1.02. The standard InChI is InChI=1S/C48H39N/c1-2-9-39(10-3-1)49(40-19-16-33(17-20-40)35-18-22-43-36(29-35)15-14-34-8-4-5-11-42(34)43)41-21-23-45-44-12-6-7-13-46(44)48(47(45)30-41)37-25-31-24-32(27-37)28-38(48)26-31/h1-23,29-32,37-38H,24-28H2. The fraction of sp³-hybridized carbons (Fsp3) is 0.208. The lowest BCUT2D eigenvalue weighted by molar-refractivity contribution is -0.0399. The fourth-order valence-electron chi connectivity index (χ4n) is 11.3. The molecule has 12 rings (SSSR count). The van der Waals surface area contributed by atoms with Crippen molar-refractivity contribution in [2.24, 2.45) is 23.7 Å².